The first-order chi connectivity index (χ1) is 7.37. The molecule has 1 rings (SSSR count). The van der Waals surface area contributed by atoms with Crippen LogP contribution in [0.25, 0.3) is 0 Å². The van der Waals surface area contributed by atoms with Gasteiger partial charge in [-0.2, -0.15) is 0 Å². The minimum atomic E-state index is -0.596. The van der Waals surface area contributed by atoms with Gasteiger partial charge in [-0.15, -0.1) is 0 Å². The van der Waals surface area contributed by atoms with Gasteiger partial charge in [-0.3, -0.25) is 4.90 Å². The summed E-state index contributed by atoms with van der Waals surface area (Å²) in [4.78, 5) is 5.27. The molecule has 94 valence electrons. The molecule has 0 aliphatic carbocycles. The molecule has 1 aliphatic rings. The van der Waals surface area contributed by atoms with Crippen molar-refractivity contribution in [1.82, 2.24) is 9.80 Å². The van der Waals surface area contributed by atoms with Gasteiger partial charge in [-0.25, -0.2) is 0 Å². The van der Waals surface area contributed by atoms with E-state index in [1.807, 2.05) is 13.8 Å². The van der Waals surface area contributed by atoms with Crippen molar-refractivity contribution in [2.24, 2.45) is 5.73 Å². The maximum Gasteiger partial charge on any atom is 0.0740 e. The maximum atomic E-state index is 9.72. The van der Waals surface area contributed by atoms with Crippen molar-refractivity contribution in [1.29, 1.82) is 0 Å². The highest BCUT2D eigenvalue weighted by atomic mass is 32.1. The predicted molar refractivity (Wildman–Crippen MR) is 70.6 cm³/mol. The van der Waals surface area contributed by atoms with Gasteiger partial charge >= 0.3 is 0 Å². The third-order valence-electron chi connectivity index (χ3n) is 2.75. The lowest BCUT2D eigenvalue weighted by atomic mass is 10.1. The van der Waals surface area contributed by atoms with Crippen molar-refractivity contribution in [3.63, 3.8) is 0 Å². The normalized spacial score (nSPS) is 19.9. The van der Waals surface area contributed by atoms with Crippen LogP contribution in [-0.4, -0.2) is 64.8 Å². The summed E-state index contributed by atoms with van der Waals surface area (Å²) in [7, 11) is 0. The number of piperazine rings is 1. The maximum absolute atomic E-state index is 9.72. The molecule has 0 aromatic heterocycles. The standard InChI is InChI=1S/C11H23N3OS/c1-11(2,15)9-14-7-5-13(6-8-14)4-3-10(12)16/h15H,3-9H2,1-2H3,(H2,12,16). The Labute approximate surface area is 103 Å². The Morgan fingerprint density at radius 3 is 2.19 bits per heavy atom. The minimum absolute atomic E-state index is 0.596. The van der Waals surface area contributed by atoms with Crippen LogP contribution in [0.4, 0.5) is 0 Å². The van der Waals surface area contributed by atoms with Crippen molar-refractivity contribution < 1.29 is 5.11 Å². The first-order valence-electron chi connectivity index (χ1n) is 5.82. The van der Waals surface area contributed by atoms with Gasteiger partial charge in [0.15, 0.2) is 0 Å². The molecule has 0 aromatic rings. The van der Waals surface area contributed by atoms with Crippen LogP contribution in [0.1, 0.15) is 20.3 Å². The zero-order chi connectivity index (χ0) is 12.2. The molecule has 0 spiro atoms. The first kappa shape index (κ1) is 13.8. The summed E-state index contributed by atoms with van der Waals surface area (Å²) in [6.07, 6.45) is 0.806. The number of hydrogen-bond donors (Lipinski definition) is 2. The molecule has 0 amide bonds. The van der Waals surface area contributed by atoms with E-state index in [0.29, 0.717) is 4.99 Å². The van der Waals surface area contributed by atoms with E-state index < -0.39 is 5.60 Å². The fourth-order valence-corrected chi connectivity index (χ4v) is 2.08. The molecule has 0 atom stereocenters. The number of rotatable bonds is 5. The van der Waals surface area contributed by atoms with Gasteiger partial charge in [0, 0.05) is 45.7 Å². The molecule has 0 bridgehead atoms. The fraction of sp³-hybridized carbons (Fsp3) is 0.909. The van der Waals surface area contributed by atoms with Gasteiger partial charge in [0.25, 0.3) is 0 Å². The summed E-state index contributed by atoms with van der Waals surface area (Å²) in [5, 5.41) is 9.72. The van der Waals surface area contributed by atoms with E-state index in [2.05, 4.69) is 9.80 Å². The highest BCUT2D eigenvalue weighted by Crippen LogP contribution is 2.08. The monoisotopic (exact) mass is 245 g/mol. The van der Waals surface area contributed by atoms with E-state index in [0.717, 1.165) is 45.7 Å². The number of nitrogens with zero attached hydrogens (tertiary/aromatic N) is 2. The van der Waals surface area contributed by atoms with E-state index in [-0.39, 0.29) is 0 Å². The number of hydrogen-bond acceptors (Lipinski definition) is 4. The van der Waals surface area contributed by atoms with Crippen LogP contribution in [0.15, 0.2) is 0 Å². The van der Waals surface area contributed by atoms with Crippen LogP contribution < -0.4 is 5.73 Å². The second-order valence-electron chi connectivity index (χ2n) is 5.15. The molecule has 0 aromatic carbocycles. The Morgan fingerprint density at radius 2 is 1.75 bits per heavy atom. The third-order valence-corrected chi connectivity index (χ3v) is 2.95. The molecule has 1 saturated heterocycles. The Bertz CT molecular complexity index is 232. The average Bonchev–Trinajstić information content (AvgIpc) is 2.14. The Balaban J connectivity index is 2.21. The molecule has 16 heavy (non-hydrogen) atoms. The van der Waals surface area contributed by atoms with Gasteiger partial charge in [0.05, 0.1) is 10.6 Å². The quantitative estimate of drug-likeness (QED) is 0.671. The average molecular weight is 245 g/mol. The summed E-state index contributed by atoms with van der Waals surface area (Å²) in [6.45, 7) is 9.53. The summed E-state index contributed by atoms with van der Waals surface area (Å²) in [6, 6.07) is 0. The van der Waals surface area contributed by atoms with Crippen LogP contribution in [0.5, 0.6) is 0 Å². The van der Waals surface area contributed by atoms with Gasteiger partial charge in [0.2, 0.25) is 0 Å². The molecular weight excluding hydrogens is 222 g/mol. The summed E-state index contributed by atoms with van der Waals surface area (Å²) in [5.41, 5.74) is 4.89. The summed E-state index contributed by atoms with van der Waals surface area (Å²) >= 11 is 4.87. The molecule has 1 fully saturated rings. The first-order valence-corrected chi connectivity index (χ1v) is 6.23. The lowest BCUT2D eigenvalue weighted by Gasteiger charge is -2.37. The highest BCUT2D eigenvalue weighted by molar-refractivity contribution is 7.80. The number of thiocarbonyl (C=S) groups is 1. The summed E-state index contributed by atoms with van der Waals surface area (Å²) < 4.78 is 0. The van der Waals surface area contributed by atoms with Crippen molar-refractivity contribution in [2.75, 3.05) is 39.3 Å². The van der Waals surface area contributed by atoms with Crippen LogP contribution in [0.3, 0.4) is 0 Å². The number of nitrogens with two attached hydrogens (primary N) is 1. The minimum Gasteiger partial charge on any atom is -0.393 e. The van der Waals surface area contributed by atoms with Crippen molar-refractivity contribution in [2.45, 2.75) is 25.9 Å². The summed E-state index contributed by atoms with van der Waals surface area (Å²) in [5.74, 6) is 0. The molecule has 3 N–H and O–H groups in total. The van der Waals surface area contributed by atoms with E-state index in [9.17, 15) is 5.11 Å². The van der Waals surface area contributed by atoms with Crippen molar-refractivity contribution in [3.05, 3.63) is 0 Å². The SMILES string of the molecule is CC(C)(O)CN1CCN(CCC(N)=S)CC1. The fourth-order valence-electron chi connectivity index (χ4n) is 1.99. The molecule has 0 saturated carbocycles. The lowest BCUT2D eigenvalue weighted by Crippen LogP contribution is -2.50. The zero-order valence-electron chi connectivity index (χ0n) is 10.3. The third kappa shape index (κ3) is 5.75. The second-order valence-corrected chi connectivity index (χ2v) is 5.67. The van der Waals surface area contributed by atoms with Gasteiger partial charge in [-0.05, 0) is 13.8 Å². The Kier molecular flexibility index (Phi) is 5.11. The predicted octanol–water partition coefficient (Wildman–Crippen LogP) is 0.0511. The molecular formula is C11H23N3OS. The zero-order valence-corrected chi connectivity index (χ0v) is 11.1. The second kappa shape index (κ2) is 5.91. The van der Waals surface area contributed by atoms with Crippen LogP contribution in [-0.2, 0) is 0 Å². The van der Waals surface area contributed by atoms with E-state index in [4.69, 9.17) is 18.0 Å². The molecule has 1 heterocycles. The van der Waals surface area contributed by atoms with Crippen molar-refractivity contribution >= 4 is 17.2 Å². The topological polar surface area (TPSA) is 52.7 Å². The molecule has 5 heteroatoms. The van der Waals surface area contributed by atoms with E-state index in [1.54, 1.807) is 0 Å². The van der Waals surface area contributed by atoms with Crippen molar-refractivity contribution in [3.8, 4) is 0 Å². The Morgan fingerprint density at radius 1 is 1.25 bits per heavy atom. The Hall–Kier alpha value is -0.230. The van der Waals surface area contributed by atoms with Crippen LogP contribution >= 0.6 is 12.2 Å². The molecule has 4 nitrogen and oxygen atoms in total. The van der Waals surface area contributed by atoms with Gasteiger partial charge < -0.3 is 15.7 Å². The lowest BCUT2D eigenvalue weighted by molar-refractivity contribution is 0.0182. The van der Waals surface area contributed by atoms with E-state index in [1.165, 1.54) is 0 Å². The molecule has 0 unspecified atom stereocenters. The smallest absolute Gasteiger partial charge is 0.0740 e. The largest absolute Gasteiger partial charge is 0.393 e. The van der Waals surface area contributed by atoms with Crippen LogP contribution in [0, 0.1) is 0 Å². The van der Waals surface area contributed by atoms with Gasteiger partial charge in [-0.1, -0.05) is 12.2 Å². The molecule has 0 radical (unpaired) electrons. The number of β-amino-alcohol motifs (C(OH)–C–C–N with tert-alkyl or cyclic N) is 1. The number of aliphatic hydroxyl groups is 1. The van der Waals surface area contributed by atoms with Crippen LogP contribution in [0.2, 0.25) is 0 Å². The highest BCUT2D eigenvalue weighted by Gasteiger charge is 2.22. The molecule has 1 aliphatic heterocycles. The van der Waals surface area contributed by atoms with Gasteiger partial charge in [0.1, 0.15) is 0 Å². The van der Waals surface area contributed by atoms with E-state index >= 15 is 0 Å².